The highest BCUT2D eigenvalue weighted by Gasteiger charge is 2.57. The predicted octanol–water partition coefficient (Wildman–Crippen LogP) is -1.46. The largest absolute Gasteiger partial charge is 0.481 e. The van der Waals surface area contributed by atoms with Crippen molar-refractivity contribution in [1.29, 1.82) is 0 Å². The minimum absolute atomic E-state index is 0.126. The molecule has 1 aliphatic rings. The minimum atomic E-state index is -5.56. The standard InChI is InChI=1S/C10H15FN2O12P2S/c11-10(3-23-27(21,22)25-26(18,19)20)6(16)5(15)8(24-10)13-1-4(2-14)7(28)12-9(13)17/h1,5-6,8,14-16H,2-3H2,(H,21,22)(H,12,17,28)(H2,18,19,20)/t5-,6+,8-,10-/m1/s1/i8D. The predicted molar refractivity (Wildman–Crippen MR) is 86.7 cm³/mol. The molecule has 28 heavy (non-hydrogen) atoms. The number of aromatic amines is 1. The zero-order valence-electron chi connectivity index (χ0n) is 14.4. The van der Waals surface area contributed by atoms with E-state index in [1.54, 1.807) is 0 Å². The highest BCUT2D eigenvalue weighted by atomic mass is 32.1. The number of phosphoric ester groups is 1. The number of hydrogen-bond acceptors (Lipinski definition) is 10. The Morgan fingerprint density at radius 2 is 2.04 bits per heavy atom. The molecule has 7 N–H and O–H groups in total. The summed E-state index contributed by atoms with van der Waals surface area (Å²) >= 11 is 4.76. The molecule has 18 heteroatoms. The third kappa shape index (κ3) is 5.18. The molecule has 0 spiro atoms. The van der Waals surface area contributed by atoms with Crippen LogP contribution in [-0.2, 0) is 29.3 Å². The highest BCUT2D eigenvalue weighted by molar-refractivity contribution is 7.71. The topological polar surface area (TPSA) is 221 Å². The third-order valence-electron chi connectivity index (χ3n) is 3.33. The zero-order valence-corrected chi connectivity index (χ0v) is 16.0. The lowest BCUT2D eigenvalue weighted by atomic mass is 10.1. The van der Waals surface area contributed by atoms with E-state index in [0.29, 0.717) is 0 Å². The van der Waals surface area contributed by atoms with Gasteiger partial charge in [0.2, 0.25) is 0 Å². The quantitative estimate of drug-likeness (QED) is 0.179. The van der Waals surface area contributed by atoms with Crippen molar-refractivity contribution in [1.82, 2.24) is 9.55 Å². The molecule has 1 saturated heterocycles. The number of aliphatic hydroxyl groups excluding tert-OH is 3. The third-order valence-corrected chi connectivity index (χ3v) is 5.82. The number of ether oxygens (including phenoxy) is 1. The van der Waals surface area contributed by atoms with E-state index in [1.165, 1.54) is 0 Å². The van der Waals surface area contributed by atoms with Gasteiger partial charge < -0.3 is 34.7 Å². The summed E-state index contributed by atoms with van der Waals surface area (Å²) in [6.45, 7) is -2.47. The summed E-state index contributed by atoms with van der Waals surface area (Å²) in [6, 6.07) is 0. The van der Waals surface area contributed by atoms with Gasteiger partial charge in [-0.15, -0.1) is 0 Å². The van der Waals surface area contributed by atoms with Crippen LogP contribution in [0.2, 0.25) is 0 Å². The number of nitrogens with one attached hydrogen (secondary N) is 1. The fraction of sp³-hybridized carbons (Fsp3) is 0.600. The molecule has 0 amide bonds. The van der Waals surface area contributed by atoms with E-state index >= 15 is 0 Å². The minimum Gasteiger partial charge on any atom is -0.392 e. The van der Waals surface area contributed by atoms with Crippen molar-refractivity contribution >= 4 is 27.9 Å². The van der Waals surface area contributed by atoms with E-state index < -0.39 is 58.8 Å². The van der Waals surface area contributed by atoms with Crippen molar-refractivity contribution in [3.8, 4) is 0 Å². The molecule has 160 valence electrons. The summed E-state index contributed by atoms with van der Waals surface area (Å²) in [5.74, 6) is -3.61. The number of phosphoric acid groups is 2. The summed E-state index contributed by atoms with van der Waals surface area (Å²) < 4.78 is 57.2. The van der Waals surface area contributed by atoms with Crippen molar-refractivity contribution in [2.45, 2.75) is 30.9 Å². The number of alkyl halides is 1. The van der Waals surface area contributed by atoms with Gasteiger partial charge >= 0.3 is 21.3 Å². The van der Waals surface area contributed by atoms with Gasteiger partial charge in [-0.25, -0.2) is 18.3 Å². The molecule has 14 nitrogen and oxygen atoms in total. The Morgan fingerprint density at radius 1 is 1.43 bits per heavy atom. The maximum absolute atomic E-state index is 14.9. The average molecular weight is 469 g/mol. The number of aromatic nitrogens is 2. The first-order valence-corrected chi connectivity index (χ1v) is 10.4. The molecule has 1 fully saturated rings. The van der Waals surface area contributed by atoms with Crippen LogP contribution in [0.1, 0.15) is 13.1 Å². The summed E-state index contributed by atoms with van der Waals surface area (Å²) in [4.78, 5) is 40.3. The maximum Gasteiger partial charge on any atom is 0.481 e. The molecule has 0 bridgehead atoms. The molecule has 1 aromatic rings. The van der Waals surface area contributed by atoms with Crippen molar-refractivity contribution in [2.24, 2.45) is 0 Å². The second-order valence-corrected chi connectivity index (χ2v) is 8.61. The first kappa shape index (κ1) is 21.8. The molecular formula is C10H15FN2O12P2S. The van der Waals surface area contributed by atoms with Crippen LogP contribution in [0.5, 0.6) is 0 Å². The molecule has 1 aliphatic heterocycles. The molecule has 2 rings (SSSR count). The number of H-pyrrole nitrogens is 1. The molecule has 0 aliphatic carbocycles. The van der Waals surface area contributed by atoms with Crippen LogP contribution in [0.4, 0.5) is 4.39 Å². The van der Waals surface area contributed by atoms with Crippen LogP contribution >= 0.6 is 27.9 Å². The lowest BCUT2D eigenvalue weighted by molar-refractivity contribution is -0.205. The van der Waals surface area contributed by atoms with Crippen molar-refractivity contribution in [3.05, 3.63) is 26.9 Å². The molecular weight excluding hydrogens is 453 g/mol. The molecule has 2 heterocycles. The van der Waals surface area contributed by atoms with Gasteiger partial charge in [0.05, 0.1) is 7.98 Å². The number of rotatable bonds is 7. The molecule has 0 aromatic carbocycles. The summed E-state index contributed by atoms with van der Waals surface area (Å²) in [6.07, 6.45) is -7.43. The van der Waals surface area contributed by atoms with Crippen molar-refractivity contribution in [3.63, 3.8) is 0 Å². The van der Waals surface area contributed by atoms with Crippen molar-refractivity contribution < 1.29 is 58.5 Å². The SMILES string of the molecule is [2H][C@@]1(n2cc(CO)c(=S)[nH]c2=O)O[C@](F)(COP(=O)(O)OP(=O)(O)O)[C@@H](O)[C@H]1O. The van der Waals surface area contributed by atoms with Crippen LogP contribution in [0.3, 0.4) is 0 Å². The van der Waals surface area contributed by atoms with Gasteiger partial charge in [-0.05, 0) is 0 Å². The molecule has 1 aromatic heterocycles. The lowest BCUT2D eigenvalue weighted by Crippen LogP contribution is -2.43. The Labute approximate surface area is 161 Å². The summed E-state index contributed by atoms with van der Waals surface area (Å²) in [5.41, 5.74) is -1.32. The summed E-state index contributed by atoms with van der Waals surface area (Å²) in [7, 11) is -11.1. The van der Waals surface area contributed by atoms with Crippen LogP contribution in [0.25, 0.3) is 0 Å². The van der Waals surface area contributed by atoms with Crippen molar-refractivity contribution in [2.75, 3.05) is 6.61 Å². The molecule has 0 saturated carbocycles. The first-order valence-electron chi connectivity index (χ1n) is 7.50. The second-order valence-electron chi connectivity index (χ2n) is 5.37. The van der Waals surface area contributed by atoms with Gasteiger partial charge in [0.1, 0.15) is 23.5 Å². The van der Waals surface area contributed by atoms with Gasteiger partial charge in [-0.2, -0.15) is 4.31 Å². The summed E-state index contributed by atoms with van der Waals surface area (Å²) in [5, 5.41) is 29.2. The lowest BCUT2D eigenvalue weighted by Gasteiger charge is -2.24. The van der Waals surface area contributed by atoms with Gasteiger partial charge in [-0.3, -0.25) is 14.1 Å². The van der Waals surface area contributed by atoms with Crippen LogP contribution in [0.15, 0.2) is 11.0 Å². The van der Waals surface area contributed by atoms with Gasteiger partial charge in [0, 0.05) is 11.8 Å². The van der Waals surface area contributed by atoms with E-state index in [9.17, 15) is 38.5 Å². The first-order chi connectivity index (χ1) is 13.0. The number of nitrogens with zero attached hydrogens (tertiary/aromatic N) is 1. The maximum atomic E-state index is 14.9. The van der Waals surface area contributed by atoms with E-state index in [-0.39, 0.29) is 14.8 Å². The highest BCUT2D eigenvalue weighted by Crippen LogP contribution is 2.58. The van der Waals surface area contributed by atoms with E-state index in [2.05, 4.69) is 13.6 Å². The fourth-order valence-corrected chi connectivity index (χ4v) is 3.89. The second kappa shape index (κ2) is 8.10. The molecule has 5 atom stereocenters. The Morgan fingerprint density at radius 3 is 2.57 bits per heavy atom. The smallest absolute Gasteiger partial charge is 0.392 e. The number of aliphatic hydroxyl groups is 3. The van der Waals surface area contributed by atoms with E-state index in [4.69, 9.17) is 23.4 Å². The Balaban J connectivity index is 2.36. The van der Waals surface area contributed by atoms with Crippen LogP contribution in [-0.4, -0.2) is 64.2 Å². The molecule has 1 unspecified atom stereocenters. The fourth-order valence-electron chi connectivity index (χ4n) is 2.09. The molecule has 0 radical (unpaired) electrons. The normalized spacial score (nSPS) is 33.5. The van der Waals surface area contributed by atoms with Crippen LogP contribution < -0.4 is 5.69 Å². The Kier molecular flexibility index (Phi) is 6.32. The Bertz CT molecular complexity index is 1000. The number of halogens is 1. The van der Waals surface area contributed by atoms with E-state index in [1.807, 2.05) is 4.98 Å². The van der Waals surface area contributed by atoms with Gasteiger partial charge in [0.15, 0.2) is 6.20 Å². The monoisotopic (exact) mass is 469 g/mol. The average Bonchev–Trinajstić information content (AvgIpc) is 2.73. The Hall–Kier alpha value is -0.870. The number of hydrogen-bond donors (Lipinski definition) is 7. The van der Waals surface area contributed by atoms with Gasteiger partial charge in [-0.1, -0.05) is 12.2 Å². The van der Waals surface area contributed by atoms with Crippen LogP contribution in [0, 0.1) is 4.64 Å². The van der Waals surface area contributed by atoms with Gasteiger partial charge in [0.25, 0.3) is 5.85 Å². The van der Waals surface area contributed by atoms with E-state index in [0.717, 1.165) is 6.20 Å². The zero-order chi connectivity index (χ0) is 22.4.